The van der Waals surface area contributed by atoms with Gasteiger partial charge in [0.05, 0.1) is 29.3 Å². The maximum absolute atomic E-state index is 14.6. The molecule has 0 atom stereocenters. The molecule has 0 aliphatic carbocycles. The Morgan fingerprint density at radius 3 is 2.62 bits per heavy atom. The molecule has 11 nitrogen and oxygen atoms in total. The second-order valence-corrected chi connectivity index (χ2v) is 8.34. The van der Waals surface area contributed by atoms with E-state index in [0.717, 1.165) is 17.0 Å². The molecule has 190 valence electrons. The van der Waals surface area contributed by atoms with Gasteiger partial charge in [-0.15, -0.1) is 0 Å². The first-order chi connectivity index (χ1) is 18.8. The maximum atomic E-state index is 14.6. The molecular formula is C22H17ClF3N9O2. The Bertz CT molecular complexity index is 1900. The number of nitrogens with one attached hydrogen (secondary N) is 1. The molecule has 2 aromatic carbocycles. The molecule has 0 saturated carbocycles. The van der Waals surface area contributed by atoms with E-state index in [1.807, 2.05) is 0 Å². The summed E-state index contributed by atoms with van der Waals surface area (Å²) < 4.78 is 67.8. The van der Waals surface area contributed by atoms with Crippen LogP contribution in [-0.4, -0.2) is 38.7 Å². The first-order valence-corrected chi connectivity index (χ1v) is 10.8. The van der Waals surface area contributed by atoms with Crippen LogP contribution < -0.4 is 16.7 Å². The molecule has 37 heavy (non-hydrogen) atoms. The lowest BCUT2D eigenvalue weighted by Gasteiger charge is -2.16. The molecule has 0 aliphatic heterocycles. The topological polar surface area (TPSA) is 117 Å². The lowest BCUT2D eigenvalue weighted by Crippen LogP contribution is -2.43. The quantitative estimate of drug-likeness (QED) is 0.332. The van der Waals surface area contributed by atoms with Crippen molar-refractivity contribution in [3.63, 3.8) is 0 Å². The third kappa shape index (κ3) is 4.58. The van der Waals surface area contributed by atoms with Crippen LogP contribution in [0, 0.1) is 17.5 Å². The molecule has 5 rings (SSSR count). The summed E-state index contributed by atoms with van der Waals surface area (Å²) in [6, 6.07) is 4.74. The Hall–Kier alpha value is -4.46. The Morgan fingerprint density at radius 2 is 1.86 bits per heavy atom. The van der Waals surface area contributed by atoms with E-state index in [1.165, 1.54) is 6.07 Å². The van der Waals surface area contributed by atoms with Gasteiger partial charge in [-0.3, -0.25) is 13.9 Å². The van der Waals surface area contributed by atoms with Gasteiger partial charge in [-0.1, -0.05) is 17.7 Å². The molecule has 0 spiro atoms. The normalized spacial score (nSPS) is 12.9. The highest BCUT2D eigenvalue weighted by Gasteiger charge is 2.20. The highest BCUT2D eigenvalue weighted by molar-refractivity contribution is 6.34. The lowest BCUT2D eigenvalue weighted by molar-refractivity contribution is 0.437. The first-order valence-electron chi connectivity index (χ1n) is 12.0. The average Bonchev–Trinajstić information content (AvgIpc) is 3.50. The molecule has 0 amide bonds. The molecule has 3 heterocycles. The Balaban J connectivity index is 1.62. The monoisotopic (exact) mass is 534 g/mol. The molecule has 0 radical (unpaired) electrons. The molecule has 5 aromatic rings. The van der Waals surface area contributed by atoms with Crippen molar-refractivity contribution in [1.29, 1.82) is 0 Å². The van der Waals surface area contributed by atoms with Crippen molar-refractivity contribution in [2.45, 2.75) is 13.1 Å². The third-order valence-electron chi connectivity index (χ3n) is 5.39. The summed E-state index contributed by atoms with van der Waals surface area (Å²) in [6.45, 7) is -3.92. The van der Waals surface area contributed by atoms with Crippen molar-refractivity contribution in [2.75, 3.05) is 5.32 Å². The fourth-order valence-electron chi connectivity index (χ4n) is 3.66. The van der Waals surface area contributed by atoms with Crippen LogP contribution in [0.25, 0.3) is 10.9 Å². The molecule has 0 bridgehead atoms. The fourth-order valence-corrected chi connectivity index (χ4v) is 3.86. The highest BCUT2D eigenvalue weighted by atomic mass is 35.5. The van der Waals surface area contributed by atoms with Gasteiger partial charge < -0.3 is 5.32 Å². The molecule has 15 heteroatoms. The second-order valence-electron chi connectivity index (χ2n) is 7.93. The van der Waals surface area contributed by atoms with Crippen molar-refractivity contribution in [2.24, 2.45) is 14.0 Å². The van der Waals surface area contributed by atoms with E-state index in [0.29, 0.717) is 26.2 Å². The summed E-state index contributed by atoms with van der Waals surface area (Å²) in [6.07, 6.45) is 2.60. The summed E-state index contributed by atoms with van der Waals surface area (Å²) in [5.41, 5.74) is -1.79. The summed E-state index contributed by atoms with van der Waals surface area (Å²) >= 11 is 6.37. The third-order valence-corrected chi connectivity index (χ3v) is 5.70. The van der Waals surface area contributed by atoms with Crippen LogP contribution in [0.2, 0.25) is 5.02 Å². The number of fused-ring (bicyclic) bond motifs is 1. The number of benzene rings is 2. The molecule has 0 aliphatic rings. The molecule has 0 fully saturated rings. The van der Waals surface area contributed by atoms with Gasteiger partial charge in [0.2, 0.25) is 5.95 Å². The van der Waals surface area contributed by atoms with Crippen LogP contribution in [-0.2, 0) is 27.1 Å². The summed E-state index contributed by atoms with van der Waals surface area (Å²) in [5, 5.41) is 11.6. The zero-order valence-corrected chi connectivity index (χ0v) is 19.5. The van der Waals surface area contributed by atoms with Crippen LogP contribution in [0.15, 0.2) is 46.4 Å². The van der Waals surface area contributed by atoms with Gasteiger partial charge in [0.1, 0.15) is 6.33 Å². The number of aryl methyl sites for hydroxylation is 2. The summed E-state index contributed by atoms with van der Waals surface area (Å²) in [4.78, 5) is 34.1. The first kappa shape index (κ1) is 20.7. The van der Waals surface area contributed by atoms with E-state index in [2.05, 4.69) is 25.5 Å². The minimum absolute atomic E-state index is 0.148. The van der Waals surface area contributed by atoms with Crippen LogP contribution in [0.5, 0.6) is 0 Å². The van der Waals surface area contributed by atoms with Crippen molar-refractivity contribution in [3.05, 3.63) is 91.6 Å². The van der Waals surface area contributed by atoms with Crippen LogP contribution in [0.1, 0.15) is 15.5 Å². The molecule has 3 aromatic heterocycles. The van der Waals surface area contributed by atoms with Crippen LogP contribution >= 0.6 is 11.6 Å². The zero-order chi connectivity index (χ0) is 28.9. The van der Waals surface area contributed by atoms with Crippen molar-refractivity contribution >= 4 is 34.1 Å². The average molecular weight is 535 g/mol. The van der Waals surface area contributed by atoms with Crippen molar-refractivity contribution in [1.82, 2.24) is 38.7 Å². The van der Waals surface area contributed by atoms with Gasteiger partial charge >= 0.3 is 11.4 Å². The Kier molecular flexibility index (Phi) is 5.15. The molecule has 1 N–H and O–H groups in total. The SMILES string of the molecule is [2H]C([2H])([2H])n1cnc(Cn2c(=O)nc(Nc3cc4cn(C)nc4cc3Cl)n(Cc3ccc(F)c(F)c3F)c2=O)n1. The van der Waals surface area contributed by atoms with E-state index in [4.69, 9.17) is 15.7 Å². The predicted octanol–water partition coefficient (Wildman–Crippen LogP) is 2.33. The Morgan fingerprint density at radius 1 is 1.05 bits per heavy atom. The van der Waals surface area contributed by atoms with E-state index in [-0.39, 0.29) is 22.5 Å². The van der Waals surface area contributed by atoms with Gasteiger partial charge in [-0.05, 0) is 18.2 Å². The number of hydrogen-bond donors (Lipinski definition) is 1. The summed E-state index contributed by atoms with van der Waals surface area (Å²) in [7, 11) is 1.70. The number of hydrogen-bond acceptors (Lipinski definition) is 7. The number of halogens is 4. The number of rotatable bonds is 6. The molecule has 0 saturated heterocycles. The van der Waals surface area contributed by atoms with Gasteiger partial charge in [0, 0.05) is 35.3 Å². The van der Waals surface area contributed by atoms with Gasteiger partial charge in [0.15, 0.2) is 23.3 Å². The smallest absolute Gasteiger partial charge is 0.324 e. The molecular weight excluding hydrogens is 515 g/mol. The predicted molar refractivity (Wildman–Crippen MR) is 127 cm³/mol. The maximum Gasteiger partial charge on any atom is 0.355 e. The van der Waals surface area contributed by atoms with E-state index >= 15 is 0 Å². The summed E-state index contributed by atoms with van der Waals surface area (Å²) in [5.74, 6) is -5.30. The zero-order valence-electron chi connectivity index (χ0n) is 21.8. The Labute approximate surface area is 214 Å². The van der Waals surface area contributed by atoms with Crippen LogP contribution in [0.3, 0.4) is 0 Å². The van der Waals surface area contributed by atoms with Gasteiger partial charge in [-0.2, -0.15) is 15.2 Å². The van der Waals surface area contributed by atoms with Gasteiger partial charge in [0.25, 0.3) is 0 Å². The lowest BCUT2D eigenvalue weighted by atomic mass is 10.2. The van der Waals surface area contributed by atoms with Crippen LogP contribution in [0.4, 0.5) is 24.8 Å². The molecule has 0 unspecified atom stereocenters. The highest BCUT2D eigenvalue weighted by Crippen LogP contribution is 2.29. The number of nitrogens with zero attached hydrogens (tertiary/aromatic N) is 8. The minimum Gasteiger partial charge on any atom is -0.324 e. The minimum atomic E-state index is -2.65. The second kappa shape index (κ2) is 9.20. The number of anilines is 2. The van der Waals surface area contributed by atoms with E-state index in [9.17, 15) is 22.8 Å². The van der Waals surface area contributed by atoms with Gasteiger partial charge in [-0.25, -0.2) is 32.3 Å². The number of aromatic nitrogens is 8. The van der Waals surface area contributed by atoms with E-state index < -0.39 is 54.5 Å². The largest absolute Gasteiger partial charge is 0.355 e. The van der Waals surface area contributed by atoms with Crippen molar-refractivity contribution < 1.29 is 17.3 Å². The van der Waals surface area contributed by atoms with E-state index in [1.54, 1.807) is 24.0 Å². The fraction of sp³-hybridized carbons (Fsp3) is 0.182. The van der Waals surface area contributed by atoms with Crippen molar-refractivity contribution in [3.8, 4) is 0 Å². The standard InChI is InChI=1S/C22H17ClF3N9O2/c1-32-7-12-5-16(13(23)6-15(12)30-32)28-20-29-21(36)35(9-17-27-10-33(2)31-17)22(37)34(20)8-11-3-4-14(24)19(26)18(11)25/h3-7,10H,8-9H2,1-2H3,(H,28,29,36)/i2D3.